The van der Waals surface area contributed by atoms with E-state index in [1.807, 2.05) is 19.1 Å². The molecule has 6 N–H and O–H groups in total. The van der Waals surface area contributed by atoms with E-state index in [1.54, 1.807) is 25.9 Å². The van der Waals surface area contributed by atoms with E-state index in [0.717, 1.165) is 44.9 Å². The molecule has 0 aromatic rings. The molecule has 5 aliphatic rings. The van der Waals surface area contributed by atoms with Crippen LogP contribution in [0.1, 0.15) is 105 Å². The normalized spacial score (nSPS) is 34.5. The molecule has 48 heavy (non-hydrogen) atoms. The minimum Gasteiger partial charge on any atom is -0.479 e. The molecule has 0 bridgehead atoms. The molecule has 14 heteroatoms. The standard InChI is InChI=1S/C34H55N7O7/c1-5-35-29(43)27-26(21-14-10-9-11-15-21)38-41(39-27)23-18-25-28(42)37-34(31(45)46)19-22(34)16-12-7-6-8-13-17-24(30(44)40(25)20-23)36-32(47)48-33(2,3)4/h12,16,21-27,38-39H,5-11,13-15,17-20H2,1-4H3,(H,35,43)(H,36,47)(H,37,42)(H,45,46)/b16-12-/t22-,23+,24+,25+,26?,27?,34-/m1/s1. The Kier molecular flexibility index (Phi) is 11.4. The number of carboxylic acids is 1. The number of aliphatic carboxylic acids is 1. The van der Waals surface area contributed by atoms with Gasteiger partial charge in [-0.2, -0.15) is 5.12 Å². The molecule has 3 heterocycles. The number of hydrogen-bond acceptors (Lipinski definition) is 9. The van der Waals surface area contributed by atoms with Gasteiger partial charge in [-0.15, -0.1) is 0 Å². The molecule has 0 spiro atoms. The van der Waals surface area contributed by atoms with Gasteiger partial charge in [0, 0.05) is 19.0 Å². The highest BCUT2D eigenvalue weighted by atomic mass is 16.6. The van der Waals surface area contributed by atoms with Gasteiger partial charge in [-0.25, -0.2) is 20.4 Å². The summed E-state index contributed by atoms with van der Waals surface area (Å²) in [6.45, 7) is 7.75. The van der Waals surface area contributed by atoms with Gasteiger partial charge < -0.3 is 30.7 Å². The van der Waals surface area contributed by atoms with Crippen molar-refractivity contribution < 1.29 is 33.8 Å². The number of carbonyl (C=O) groups is 5. The van der Waals surface area contributed by atoms with Gasteiger partial charge in [0.25, 0.3) is 0 Å². The monoisotopic (exact) mass is 673 g/mol. The van der Waals surface area contributed by atoms with Crippen molar-refractivity contribution in [3.8, 4) is 0 Å². The summed E-state index contributed by atoms with van der Waals surface area (Å²) in [5.74, 6) is -2.21. The largest absolute Gasteiger partial charge is 0.479 e. The average Bonchev–Trinajstić information content (AvgIpc) is 3.35. The number of carboxylic acid groups (broad SMARTS) is 1. The second-order valence-corrected chi connectivity index (χ2v) is 15.2. The van der Waals surface area contributed by atoms with Crippen LogP contribution in [-0.4, -0.2) is 99.3 Å². The molecule has 2 saturated carbocycles. The zero-order chi connectivity index (χ0) is 34.6. The number of hydrazine groups is 2. The maximum absolute atomic E-state index is 14.4. The smallest absolute Gasteiger partial charge is 0.408 e. The summed E-state index contributed by atoms with van der Waals surface area (Å²) in [6, 6.07) is -3.01. The van der Waals surface area contributed by atoms with Crippen molar-refractivity contribution in [1.82, 2.24) is 36.8 Å². The molecule has 3 aliphatic heterocycles. The zero-order valence-corrected chi connectivity index (χ0v) is 28.9. The third-order valence-corrected chi connectivity index (χ3v) is 10.4. The molecule has 2 unspecified atom stereocenters. The van der Waals surface area contributed by atoms with Crippen molar-refractivity contribution in [3.63, 3.8) is 0 Å². The fourth-order valence-electron chi connectivity index (χ4n) is 7.80. The van der Waals surface area contributed by atoms with Crippen molar-refractivity contribution in [2.24, 2.45) is 11.8 Å². The number of carbonyl (C=O) groups excluding carboxylic acids is 4. The third-order valence-electron chi connectivity index (χ3n) is 10.4. The van der Waals surface area contributed by atoms with Crippen LogP contribution in [0.15, 0.2) is 12.2 Å². The molecular weight excluding hydrogens is 618 g/mol. The van der Waals surface area contributed by atoms with Crippen LogP contribution >= 0.6 is 0 Å². The van der Waals surface area contributed by atoms with E-state index >= 15 is 0 Å². The number of amides is 4. The maximum Gasteiger partial charge on any atom is 0.408 e. The number of fused-ring (bicyclic) bond motifs is 2. The van der Waals surface area contributed by atoms with Gasteiger partial charge in [-0.1, -0.05) is 44.3 Å². The quantitative estimate of drug-likeness (QED) is 0.229. The number of likely N-dealkylation sites (N-methyl/N-ethyl adjacent to an activating group) is 1. The average molecular weight is 674 g/mol. The number of nitrogens with one attached hydrogen (secondary N) is 5. The molecule has 5 rings (SSSR count). The van der Waals surface area contributed by atoms with Crippen LogP contribution < -0.4 is 26.8 Å². The van der Waals surface area contributed by atoms with Crippen molar-refractivity contribution in [1.29, 1.82) is 0 Å². The van der Waals surface area contributed by atoms with Crippen LogP contribution in [0.25, 0.3) is 0 Å². The van der Waals surface area contributed by atoms with E-state index in [2.05, 4.69) is 26.8 Å². The molecule has 0 aromatic heterocycles. The number of allylic oxidation sites excluding steroid dienone is 1. The first-order valence-corrected chi connectivity index (χ1v) is 17.9. The molecule has 14 nitrogen and oxygen atoms in total. The Bertz CT molecular complexity index is 1250. The van der Waals surface area contributed by atoms with Gasteiger partial charge in [0.1, 0.15) is 29.3 Å². The highest BCUT2D eigenvalue weighted by Gasteiger charge is 2.61. The lowest BCUT2D eigenvalue weighted by Gasteiger charge is -2.31. The van der Waals surface area contributed by atoms with Gasteiger partial charge in [-0.3, -0.25) is 14.4 Å². The SMILES string of the molecule is CCNC(=O)C1NN([C@H]2C[C@H]3C(=O)N[C@]4(C(=O)O)C[C@H]4/C=C\CCCCC[C@H](NC(=O)OC(C)(C)C)C(=O)N3C2)NC1C1CCCCC1. The number of alkyl carbamates (subject to hydrolysis) is 1. The van der Waals surface area contributed by atoms with Crippen LogP contribution in [0, 0.1) is 11.8 Å². The topological polar surface area (TPSA) is 181 Å². The molecule has 0 aromatic carbocycles. The highest BCUT2D eigenvalue weighted by molar-refractivity contribution is 5.96. The number of nitrogens with zero attached hydrogens (tertiary/aromatic N) is 2. The lowest BCUT2D eigenvalue weighted by Crippen LogP contribution is -2.56. The minimum atomic E-state index is -1.42. The highest BCUT2D eigenvalue weighted by Crippen LogP contribution is 2.45. The van der Waals surface area contributed by atoms with Crippen molar-refractivity contribution in [3.05, 3.63) is 12.2 Å². The van der Waals surface area contributed by atoms with E-state index in [4.69, 9.17) is 4.74 Å². The van der Waals surface area contributed by atoms with Crippen molar-refractivity contribution >= 4 is 29.8 Å². The first kappa shape index (κ1) is 36.1. The van der Waals surface area contributed by atoms with Crippen molar-refractivity contribution in [2.75, 3.05) is 13.1 Å². The molecule has 4 amide bonds. The Labute approximate surface area is 283 Å². The van der Waals surface area contributed by atoms with Gasteiger partial charge in [0.2, 0.25) is 17.7 Å². The van der Waals surface area contributed by atoms with Crippen LogP contribution in [0.5, 0.6) is 0 Å². The number of rotatable bonds is 6. The predicted molar refractivity (Wildman–Crippen MR) is 177 cm³/mol. The van der Waals surface area contributed by atoms with Crippen LogP contribution in [0.4, 0.5) is 4.79 Å². The summed E-state index contributed by atoms with van der Waals surface area (Å²) in [7, 11) is 0. The van der Waals surface area contributed by atoms with E-state index in [9.17, 15) is 29.1 Å². The fourth-order valence-corrected chi connectivity index (χ4v) is 7.80. The molecule has 268 valence electrons. The zero-order valence-electron chi connectivity index (χ0n) is 28.9. The van der Waals surface area contributed by atoms with Crippen LogP contribution in [0.2, 0.25) is 0 Å². The summed E-state index contributed by atoms with van der Waals surface area (Å²) in [4.78, 5) is 68.5. The van der Waals surface area contributed by atoms with E-state index in [1.165, 1.54) is 11.3 Å². The van der Waals surface area contributed by atoms with E-state index in [-0.39, 0.29) is 37.3 Å². The van der Waals surface area contributed by atoms with Crippen molar-refractivity contribution in [2.45, 2.75) is 146 Å². The van der Waals surface area contributed by atoms with Crippen LogP contribution in [0.3, 0.4) is 0 Å². The summed E-state index contributed by atoms with van der Waals surface area (Å²) in [6.07, 6.45) is 12.5. The minimum absolute atomic E-state index is 0.109. The van der Waals surface area contributed by atoms with Crippen LogP contribution in [-0.2, 0) is 23.9 Å². The second kappa shape index (κ2) is 15.1. The van der Waals surface area contributed by atoms with E-state index in [0.29, 0.717) is 25.3 Å². The van der Waals surface area contributed by atoms with E-state index < -0.39 is 59.2 Å². The Hall–Kier alpha value is -3.23. The Morgan fingerprint density at radius 2 is 1.75 bits per heavy atom. The lowest BCUT2D eigenvalue weighted by molar-refractivity contribution is -0.145. The van der Waals surface area contributed by atoms with Gasteiger partial charge >= 0.3 is 12.1 Å². The molecule has 2 aliphatic carbocycles. The maximum atomic E-state index is 14.4. The summed E-state index contributed by atoms with van der Waals surface area (Å²) >= 11 is 0. The molecular formula is C34H55N7O7. The third kappa shape index (κ3) is 8.31. The predicted octanol–water partition coefficient (Wildman–Crippen LogP) is 2.11. The molecule has 0 radical (unpaired) electrons. The summed E-state index contributed by atoms with van der Waals surface area (Å²) < 4.78 is 5.49. The van der Waals surface area contributed by atoms with Gasteiger partial charge in [0.15, 0.2) is 0 Å². The number of hydrogen-bond donors (Lipinski definition) is 6. The number of ether oxygens (including phenoxy) is 1. The molecule has 2 saturated heterocycles. The second-order valence-electron chi connectivity index (χ2n) is 15.2. The first-order chi connectivity index (χ1) is 22.8. The fraction of sp³-hybridized carbons (Fsp3) is 0.794. The molecule has 7 atom stereocenters. The summed E-state index contributed by atoms with van der Waals surface area (Å²) in [5.41, 5.74) is 4.71. The first-order valence-electron chi connectivity index (χ1n) is 17.9. The van der Waals surface area contributed by atoms with Gasteiger partial charge in [0.05, 0.1) is 12.1 Å². The molecule has 4 fully saturated rings. The van der Waals surface area contributed by atoms with Gasteiger partial charge in [-0.05, 0) is 78.6 Å². The summed E-state index contributed by atoms with van der Waals surface area (Å²) in [5, 5.41) is 20.5. The lowest BCUT2D eigenvalue weighted by atomic mass is 9.81. The Balaban J connectivity index is 1.42. The Morgan fingerprint density at radius 3 is 2.44 bits per heavy atom. The Morgan fingerprint density at radius 1 is 1.04 bits per heavy atom.